The van der Waals surface area contributed by atoms with Gasteiger partial charge < -0.3 is 10.1 Å². The van der Waals surface area contributed by atoms with Crippen molar-refractivity contribution in [3.63, 3.8) is 0 Å². The molecule has 0 atom stereocenters. The Balaban J connectivity index is 1.85. The zero-order chi connectivity index (χ0) is 19.0. The van der Waals surface area contributed by atoms with E-state index in [2.05, 4.69) is 60.4 Å². The maximum Gasteiger partial charge on any atom is 0.307 e. The van der Waals surface area contributed by atoms with Crippen molar-refractivity contribution in [1.29, 1.82) is 0 Å². The number of carbonyl (C=O) groups is 1. The molecule has 1 aromatic heterocycles. The number of rotatable bonds is 4. The van der Waals surface area contributed by atoms with Gasteiger partial charge in [-0.3, -0.25) is 4.79 Å². The highest BCUT2D eigenvalue weighted by atomic mass is 16.4. The lowest BCUT2D eigenvalue weighted by Crippen LogP contribution is -2.01. The molecule has 3 nitrogen and oxygen atoms in total. The fourth-order valence-corrected chi connectivity index (χ4v) is 3.75. The number of H-pyrrole nitrogens is 1. The molecule has 0 aliphatic rings. The molecule has 0 unspecified atom stereocenters. The Hall–Kier alpha value is -3.33. The second-order valence-corrected chi connectivity index (χ2v) is 7.00. The smallest absolute Gasteiger partial charge is 0.307 e. The number of aromatic amines is 1. The van der Waals surface area contributed by atoms with Crippen LogP contribution >= 0.6 is 0 Å². The van der Waals surface area contributed by atoms with Gasteiger partial charge in [-0.15, -0.1) is 0 Å². The minimum atomic E-state index is -0.822. The molecule has 0 bridgehead atoms. The van der Waals surface area contributed by atoms with E-state index in [0.717, 1.165) is 50.0 Å². The summed E-state index contributed by atoms with van der Waals surface area (Å²) in [6.45, 7) is 4.09. The Morgan fingerprint density at radius 3 is 2.19 bits per heavy atom. The lowest BCUT2D eigenvalue weighted by Gasteiger charge is -2.06. The quantitative estimate of drug-likeness (QED) is 0.490. The Morgan fingerprint density at radius 2 is 1.52 bits per heavy atom. The van der Waals surface area contributed by atoms with Crippen LogP contribution in [0.3, 0.4) is 0 Å². The van der Waals surface area contributed by atoms with Gasteiger partial charge in [-0.25, -0.2) is 0 Å². The first-order valence-corrected chi connectivity index (χ1v) is 9.02. The van der Waals surface area contributed by atoms with Gasteiger partial charge in [0.15, 0.2) is 0 Å². The predicted octanol–water partition coefficient (Wildman–Crippen LogP) is 5.75. The molecule has 0 spiro atoms. The number of fused-ring (bicyclic) bond motifs is 1. The largest absolute Gasteiger partial charge is 0.481 e. The van der Waals surface area contributed by atoms with E-state index >= 15 is 0 Å². The fourth-order valence-electron chi connectivity index (χ4n) is 3.75. The molecule has 0 fully saturated rings. The summed E-state index contributed by atoms with van der Waals surface area (Å²) in [5, 5.41) is 10.4. The van der Waals surface area contributed by atoms with Crippen LogP contribution in [0.5, 0.6) is 0 Å². The molecule has 134 valence electrons. The first-order valence-electron chi connectivity index (χ1n) is 9.02. The maximum atomic E-state index is 11.5. The molecule has 0 amide bonds. The molecule has 0 aliphatic heterocycles. The van der Waals surface area contributed by atoms with Gasteiger partial charge in [0.2, 0.25) is 0 Å². The Kier molecular flexibility index (Phi) is 4.28. The molecular weight excluding hydrogens is 334 g/mol. The minimum Gasteiger partial charge on any atom is -0.481 e. The average Bonchev–Trinajstić information content (AvgIpc) is 3.01. The van der Waals surface area contributed by atoms with E-state index in [-0.39, 0.29) is 6.42 Å². The average molecular weight is 355 g/mol. The van der Waals surface area contributed by atoms with Gasteiger partial charge >= 0.3 is 5.97 Å². The number of nitrogens with one attached hydrogen (secondary N) is 1. The number of hydrogen-bond acceptors (Lipinski definition) is 1. The summed E-state index contributed by atoms with van der Waals surface area (Å²) in [7, 11) is 0. The molecule has 3 heteroatoms. The highest BCUT2D eigenvalue weighted by molar-refractivity contribution is 5.96. The fraction of sp³-hybridized carbons (Fsp3) is 0.125. The Labute approximate surface area is 158 Å². The second-order valence-electron chi connectivity index (χ2n) is 7.00. The van der Waals surface area contributed by atoms with Crippen LogP contribution in [0.4, 0.5) is 0 Å². The van der Waals surface area contributed by atoms with Crippen LogP contribution in [0.1, 0.15) is 16.7 Å². The van der Waals surface area contributed by atoms with Crippen molar-refractivity contribution >= 4 is 16.9 Å². The number of aromatic nitrogens is 1. The van der Waals surface area contributed by atoms with Gasteiger partial charge in [0, 0.05) is 10.9 Å². The van der Waals surface area contributed by atoms with Crippen molar-refractivity contribution in [1.82, 2.24) is 4.98 Å². The van der Waals surface area contributed by atoms with Crippen LogP contribution in [0.25, 0.3) is 33.3 Å². The summed E-state index contributed by atoms with van der Waals surface area (Å²) in [6, 6.07) is 22.7. The number of hydrogen-bond donors (Lipinski definition) is 2. The Morgan fingerprint density at radius 1 is 0.889 bits per heavy atom. The minimum absolute atomic E-state index is 0.00133. The van der Waals surface area contributed by atoms with Crippen molar-refractivity contribution < 1.29 is 9.90 Å². The highest BCUT2D eigenvalue weighted by Gasteiger charge is 2.17. The van der Waals surface area contributed by atoms with Crippen molar-refractivity contribution in [3.05, 3.63) is 83.4 Å². The van der Waals surface area contributed by atoms with Crippen molar-refractivity contribution in [2.24, 2.45) is 0 Å². The van der Waals surface area contributed by atoms with Crippen LogP contribution < -0.4 is 0 Å². The highest BCUT2D eigenvalue weighted by Crippen LogP contribution is 2.34. The number of carboxylic acid groups (broad SMARTS) is 1. The maximum absolute atomic E-state index is 11.5. The molecule has 0 saturated carbocycles. The predicted molar refractivity (Wildman–Crippen MR) is 110 cm³/mol. The van der Waals surface area contributed by atoms with Crippen LogP contribution in [0.15, 0.2) is 66.7 Å². The van der Waals surface area contributed by atoms with E-state index in [4.69, 9.17) is 0 Å². The first-order chi connectivity index (χ1) is 13.0. The third-order valence-corrected chi connectivity index (χ3v) is 4.97. The lowest BCUT2D eigenvalue weighted by molar-refractivity contribution is -0.136. The van der Waals surface area contributed by atoms with Crippen LogP contribution in [0, 0.1) is 13.8 Å². The summed E-state index contributed by atoms with van der Waals surface area (Å²) < 4.78 is 0. The third kappa shape index (κ3) is 3.24. The second kappa shape index (κ2) is 6.76. The zero-order valence-electron chi connectivity index (χ0n) is 15.4. The van der Waals surface area contributed by atoms with E-state index < -0.39 is 5.97 Å². The molecule has 0 radical (unpaired) electrons. The number of aliphatic carboxylic acids is 1. The summed E-state index contributed by atoms with van der Waals surface area (Å²) in [4.78, 5) is 15.0. The first kappa shape index (κ1) is 17.1. The molecule has 1 heterocycles. The molecule has 0 saturated heterocycles. The van der Waals surface area contributed by atoms with Crippen molar-refractivity contribution in [2.45, 2.75) is 20.3 Å². The number of aryl methyl sites for hydroxylation is 2. The monoisotopic (exact) mass is 355 g/mol. The summed E-state index contributed by atoms with van der Waals surface area (Å²) >= 11 is 0. The zero-order valence-corrected chi connectivity index (χ0v) is 15.4. The molecule has 27 heavy (non-hydrogen) atoms. The van der Waals surface area contributed by atoms with Gasteiger partial charge in [-0.1, -0.05) is 66.2 Å². The normalized spacial score (nSPS) is 11.0. The topological polar surface area (TPSA) is 53.1 Å². The van der Waals surface area contributed by atoms with Crippen molar-refractivity contribution in [2.75, 3.05) is 0 Å². The van der Waals surface area contributed by atoms with Crippen molar-refractivity contribution in [3.8, 4) is 22.4 Å². The van der Waals surface area contributed by atoms with Gasteiger partial charge in [0.25, 0.3) is 0 Å². The molecule has 4 rings (SSSR count). The van der Waals surface area contributed by atoms with Crippen LogP contribution in [0.2, 0.25) is 0 Å². The molecule has 2 N–H and O–H groups in total. The summed E-state index contributed by atoms with van der Waals surface area (Å²) in [5.41, 5.74) is 8.32. The Bertz CT molecular complexity index is 1120. The number of benzene rings is 3. The number of carboxylic acids is 1. The molecular formula is C24H21NO2. The van der Waals surface area contributed by atoms with Gasteiger partial charge in [-0.2, -0.15) is 0 Å². The van der Waals surface area contributed by atoms with Gasteiger partial charge in [-0.05, 0) is 47.7 Å². The lowest BCUT2D eigenvalue weighted by atomic mass is 9.98. The van der Waals surface area contributed by atoms with Gasteiger partial charge in [0.05, 0.1) is 12.1 Å². The van der Waals surface area contributed by atoms with Gasteiger partial charge in [0.1, 0.15) is 0 Å². The summed E-state index contributed by atoms with van der Waals surface area (Å²) in [6.07, 6.45) is -0.00133. The molecule has 4 aromatic rings. The van der Waals surface area contributed by atoms with E-state index in [1.54, 1.807) is 0 Å². The van der Waals surface area contributed by atoms with E-state index in [1.165, 1.54) is 0 Å². The van der Waals surface area contributed by atoms with Crippen LogP contribution in [-0.2, 0) is 11.2 Å². The van der Waals surface area contributed by atoms with Crippen LogP contribution in [-0.4, -0.2) is 16.1 Å². The van der Waals surface area contributed by atoms with E-state index in [9.17, 15) is 9.90 Å². The molecule has 3 aromatic carbocycles. The SMILES string of the molecule is Cc1cc(C)c2[nH]c(-c3ccc(-c4ccccc4)cc3)c(CC(=O)O)c2c1. The standard InChI is InChI=1S/C24H21NO2/c1-15-12-16(2)23-20(13-15)21(14-22(26)27)24(25-23)19-10-8-18(9-11-19)17-6-4-3-5-7-17/h3-13,25H,14H2,1-2H3,(H,26,27). The third-order valence-electron chi connectivity index (χ3n) is 4.97. The molecule has 0 aliphatic carbocycles. The summed E-state index contributed by atoms with van der Waals surface area (Å²) in [5.74, 6) is -0.822. The van der Waals surface area contributed by atoms with E-state index in [1.807, 2.05) is 25.1 Å². The van der Waals surface area contributed by atoms with E-state index in [0.29, 0.717) is 0 Å².